The minimum absolute atomic E-state index is 0.00224. The SMILES string of the molecule is C=C(C)C(=O)OCCCNC(=S)Nc1ccc(-c2c3ccc(=O)cc-3oc3cc(O)ccc23)c(C(=O)O)c1.C=C(C)C(=O)Oc1ccc2c(-c3ccccc3C(=O)O)c3ccc(=O)cc-3oc2c1.C=C(C)C(=O)Oc1ccc2c(c1)Oc1cc(OC(=O)C(=C)C)ccc1C21OC(=O)c2ccccc21. The second kappa shape index (κ2) is 29.5. The quantitative estimate of drug-likeness (QED) is 0.0150. The van der Waals surface area contributed by atoms with Crippen LogP contribution in [0.4, 0.5) is 5.69 Å². The maximum Gasteiger partial charge on any atom is 0.340 e. The topological polar surface area (TPSA) is 320 Å². The Morgan fingerprint density at radius 3 is 1.51 bits per heavy atom. The number of esters is 5. The van der Waals surface area contributed by atoms with Crippen molar-refractivity contribution in [3.05, 3.63) is 278 Å². The molecule has 0 fully saturated rings. The average Bonchev–Trinajstić information content (AvgIpc) is 1.60. The number of carboxylic acid groups (broad SMARTS) is 2. The Bertz CT molecular complexity index is 5430. The van der Waals surface area contributed by atoms with Crippen LogP contribution < -0.4 is 40.4 Å². The van der Waals surface area contributed by atoms with Gasteiger partial charge in [0.05, 0.1) is 23.3 Å². The lowest BCUT2D eigenvalue weighted by Crippen LogP contribution is -2.33. The van der Waals surface area contributed by atoms with Crippen molar-refractivity contribution in [1.82, 2.24) is 5.32 Å². The van der Waals surface area contributed by atoms with Gasteiger partial charge in [-0.2, -0.15) is 0 Å². The number of hydrogen-bond donors (Lipinski definition) is 5. The number of phenols is 1. The van der Waals surface area contributed by atoms with E-state index in [2.05, 4.69) is 36.9 Å². The summed E-state index contributed by atoms with van der Waals surface area (Å²) in [5.41, 5.74) is 5.87. The van der Waals surface area contributed by atoms with E-state index in [0.717, 1.165) is 0 Å². The Labute approximate surface area is 591 Å². The summed E-state index contributed by atoms with van der Waals surface area (Å²) in [6.45, 7) is 21.1. The fraction of sp³-hybridized carbons (Fsp3) is 0.100. The molecule has 0 saturated heterocycles. The zero-order chi connectivity index (χ0) is 73.7. The van der Waals surface area contributed by atoms with Crippen molar-refractivity contribution in [1.29, 1.82) is 0 Å². The molecule has 0 atom stereocenters. The zero-order valence-corrected chi connectivity index (χ0v) is 56.2. The molecule has 0 unspecified atom stereocenters. The van der Waals surface area contributed by atoms with E-state index >= 15 is 0 Å². The number of hydrogen-bond acceptors (Lipinski definition) is 19. The van der Waals surface area contributed by atoms with E-state index in [4.69, 9.17) is 49.5 Å². The van der Waals surface area contributed by atoms with E-state index < -0.39 is 47.4 Å². The second-order valence-corrected chi connectivity index (χ2v) is 24.1. The van der Waals surface area contributed by atoms with Crippen LogP contribution in [0.2, 0.25) is 0 Å². The number of aromatic carboxylic acids is 2. The third-order valence-corrected chi connectivity index (χ3v) is 16.3. The Morgan fingerprint density at radius 2 is 0.971 bits per heavy atom. The number of rotatable bonds is 16. The number of aromatic hydroxyl groups is 1. The molecule has 1 spiro atoms. The fourth-order valence-corrected chi connectivity index (χ4v) is 11.6. The number of carboxylic acids is 2. The van der Waals surface area contributed by atoms with Crippen molar-refractivity contribution in [3.8, 4) is 79.4 Å². The molecule has 0 aromatic heterocycles. The molecule has 4 heterocycles. The normalized spacial score (nSPS) is 11.9. The molecule has 0 bridgehead atoms. The maximum atomic E-state index is 12.9. The summed E-state index contributed by atoms with van der Waals surface area (Å²) in [7, 11) is 0. The summed E-state index contributed by atoms with van der Waals surface area (Å²) in [6, 6.07) is 46.2. The Hall–Kier alpha value is -13.5. The molecule has 13 rings (SSSR count). The minimum Gasteiger partial charge on any atom is -0.508 e. The Morgan fingerprint density at radius 1 is 0.495 bits per heavy atom. The summed E-state index contributed by atoms with van der Waals surface area (Å²) < 4.78 is 45.0. The molecule has 0 radical (unpaired) electrons. The van der Waals surface area contributed by atoms with Gasteiger partial charge in [0.15, 0.2) is 21.6 Å². The lowest BCUT2D eigenvalue weighted by Gasteiger charge is -2.36. The lowest BCUT2D eigenvalue weighted by atomic mass is 9.77. The van der Waals surface area contributed by atoms with Gasteiger partial charge in [0.1, 0.15) is 57.2 Å². The van der Waals surface area contributed by atoms with Crippen molar-refractivity contribution < 1.29 is 86.1 Å². The van der Waals surface area contributed by atoms with Crippen LogP contribution in [0.5, 0.6) is 34.5 Å². The number of fused-ring (bicyclic) bond motifs is 10. The summed E-state index contributed by atoms with van der Waals surface area (Å²) >= 11 is 5.31. The highest BCUT2D eigenvalue weighted by atomic mass is 32.1. The van der Waals surface area contributed by atoms with Gasteiger partial charge in [-0.25, -0.2) is 33.6 Å². The largest absolute Gasteiger partial charge is 0.508 e. The maximum absolute atomic E-state index is 12.9. The van der Waals surface area contributed by atoms with Crippen LogP contribution in [-0.4, -0.2) is 75.4 Å². The molecular weight excluding hydrogens is 1340 g/mol. The third kappa shape index (κ3) is 14.9. The van der Waals surface area contributed by atoms with Gasteiger partial charge in [0, 0.05) is 121 Å². The highest BCUT2D eigenvalue weighted by Gasteiger charge is 2.53. The van der Waals surface area contributed by atoms with E-state index in [-0.39, 0.29) is 79.2 Å². The number of thiocarbonyl (C=S) groups is 1. The number of benzene rings is 9. The van der Waals surface area contributed by atoms with Crippen molar-refractivity contribution in [2.24, 2.45) is 0 Å². The molecule has 516 valence electrons. The van der Waals surface area contributed by atoms with Crippen molar-refractivity contribution >= 4 is 86.7 Å². The molecule has 5 N–H and O–H groups in total. The van der Waals surface area contributed by atoms with Crippen LogP contribution in [0.3, 0.4) is 0 Å². The monoisotopic (exact) mass is 1400 g/mol. The molecule has 23 heteroatoms. The highest BCUT2D eigenvalue weighted by Crippen LogP contribution is 2.57. The molecule has 4 aliphatic heterocycles. The van der Waals surface area contributed by atoms with Crippen LogP contribution in [-0.2, 0) is 34.3 Å². The van der Waals surface area contributed by atoms with Gasteiger partial charge in [-0.15, -0.1) is 0 Å². The van der Waals surface area contributed by atoms with E-state index in [1.54, 1.807) is 130 Å². The molecule has 7 aromatic carbocycles. The Balaban J connectivity index is 0.000000156. The number of anilines is 1. The predicted octanol–water partition coefficient (Wildman–Crippen LogP) is 14.7. The molecule has 0 saturated carbocycles. The summed E-state index contributed by atoms with van der Waals surface area (Å²) in [5.74, 6) is -3.02. The number of nitrogens with one attached hydrogen (secondary N) is 2. The van der Waals surface area contributed by atoms with E-state index in [1.807, 2.05) is 12.1 Å². The fourth-order valence-electron chi connectivity index (χ4n) is 11.3. The third-order valence-electron chi connectivity index (χ3n) is 16.1. The lowest BCUT2D eigenvalue weighted by molar-refractivity contribution is -0.139. The first-order valence-corrected chi connectivity index (χ1v) is 31.8. The summed E-state index contributed by atoms with van der Waals surface area (Å²) in [5, 5.41) is 37.1. The van der Waals surface area contributed by atoms with Gasteiger partial charge in [0.25, 0.3) is 0 Å². The first kappa shape index (κ1) is 70.8. The van der Waals surface area contributed by atoms with E-state index in [9.17, 15) is 58.5 Å². The van der Waals surface area contributed by atoms with Crippen molar-refractivity contribution in [2.75, 3.05) is 18.5 Å². The van der Waals surface area contributed by atoms with Gasteiger partial charge in [-0.1, -0.05) is 68.8 Å². The molecule has 22 nitrogen and oxygen atoms in total. The highest BCUT2D eigenvalue weighted by molar-refractivity contribution is 7.80. The van der Waals surface area contributed by atoms with Crippen LogP contribution in [0.25, 0.3) is 66.8 Å². The first-order valence-electron chi connectivity index (χ1n) is 31.4. The van der Waals surface area contributed by atoms with Gasteiger partial charge in [-0.3, -0.25) is 9.59 Å². The number of ether oxygens (including phenoxy) is 6. The first-order chi connectivity index (χ1) is 49.2. The number of carbonyl (C=O) groups excluding carboxylic acids is 5. The molecule has 103 heavy (non-hydrogen) atoms. The Kier molecular flexibility index (Phi) is 20.3. The number of carbonyl (C=O) groups is 7. The van der Waals surface area contributed by atoms with Crippen LogP contribution in [0, 0.1) is 0 Å². The van der Waals surface area contributed by atoms with Gasteiger partial charge >= 0.3 is 41.8 Å². The standard InChI is InChI=1S/C28H24N2O7S.C28H20O7.C24H16O6/c1-15(2)27(35)36-11-3-10-29-28(38)30-16-4-7-19(22(12-16)26(33)34)25-20-8-5-17(31)13-23(20)37-24-14-18(32)6-9-21(24)25;1-15(2)25(29)32-17-9-11-21-23(13-17)34-24-14-18(33-26(30)16(3)4)10-12-22(24)28(21)20-8-6-5-7-19(20)27(31)35-28;1-13(2)24(28)29-15-8-10-19-21(12-15)30-20-11-14(25)7-9-18(20)22(19)16-5-3-4-6-17(16)23(26)27/h4-9,12-14,31H,1,3,10-11H2,2H3,(H,33,34)(H2,29,30,38);5-14H,1,3H2,2,4H3;3-12H,1H2,2H3,(H,26,27). The zero-order valence-electron chi connectivity index (χ0n) is 55.4. The van der Waals surface area contributed by atoms with Crippen LogP contribution >= 0.6 is 12.2 Å². The van der Waals surface area contributed by atoms with Crippen LogP contribution in [0.1, 0.15) is 81.9 Å². The summed E-state index contributed by atoms with van der Waals surface area (Å²) in [6.07, 6.45) is 0.514. The van der Waals surface area contributed by atoms with Gasteiger partial charge in [0.2, 0.25) is 0 Å². The van der Waals surface area contributed by atoms with E-state index in [1.165, 1.54) is 61.5 Å². The van der Waals surface area contributed by atoms with Crippen LogP contribution in [0.15, 0.2) is 243 Å². The smallest absolute Gasteiger partial charge is 0.340 e. The average molecular weight is 1400 g/mol. The van der Waals surface area contributed by atoms with Crippen molar-refractivity contribution in [3.63, 3.8) is 0 Å². The van der Waals surface area contributed by atoms with Crippen molar-refractivity contribution in [2.45, 2.75) is 39.7 Å². The minimum atomic E-state index is -1.30. The molecule has 6 aliphatic rings. The molecular formula is C80H60N2O20S. The number of phenolic OH excluding ortho intramolecular Hbond substituents is 1. The second-order valence-electron chi connectivity index (χ2n) is 23.7. The van der Waals surface area contributed by atoms with E-state index in [0.29, 0.717) is 119 Å². The molecule has 0 amide bonds. The summed E-state index contributed by atoms with van der Waals surface area (Å²) in [4.78, 5) is 108. The van der Waals surface area contributed by atoms with Gasteiger partial charge < -0.3 is 63.2 Å². The molecule has 7 aromatic rings. The van der Waals surface area contributed by atoms with Gasteiger partial charge in [-0.05, 0) is 155 Å². The predicted molar refractivity (Wildman–Crippen MR) is 385 cm³/mol. The molecule has 2 aliphatic carbocycles.